The van der Waals surface area contributed by atoms with Crippen LogP contribution in [-0.4, -0.2) is 43.5 Å². The Labute approximate surface area is 138 Å². The summed E-state index contributed by atoms with van der Waals surface area (Å²) in [5.41, 5.74) is 6.21. The van der Waals surface area contributed by atoms with Crippen LogP contribution in [0.15, 0.2) is 22.7 Å². The van der Waals surface area contributed by atoms with Gasteiger partial charge in [-0.05, 0) is 31.0 Å². The van der Waals surface area contributed by atoms with E-state index in [9.17, 15) is 9.59 Å². The number of hydrogen-bond donors (Lipinski definition) is 2. The lowest BCUT2D eigenvalue weighted by Crippen LogP contribution is -2.41. The molecule has 120 valence electrons. The zero-order chi connectivity index (χ0) is 16.1. The van der Waals surface area contributed by atoms with E-state index in [0.717, 1.165) is 28.6 Å². The van der Waals surface area contributed by atoms with Crippen molar-refractivity contribution in [3.8, 4) is 5.75 Å². The number of nitrogens with one attached hydrogen (secondary N) is 1. The highest BCUT2D eigenvalue weighted by Crippen LogP contribution is 2.38. The van der Waals surface area contributed by atoms with E-state index in [0.29, 0.717) is 6.54 Å². The lowest BCUT2D eigenvalue weighted by molar-refractivity contribution is -0.133. The normalized spacial score (nSPS) is 17.4. The third kappa shape index (κ3) is 3.78. The van der Waals surface area contributed by atoms with Crippen LogP contribution in [0.3, 0.4) is 0 Å². The molecule has 2 amide bonds. The lowest BCUT2D eigenvalue weighted by Gasteiger charge is -2.26. The molecule has 7 heteroatoms. The Hall–Kier alpha value is -1.60. The molecule has 1 aliphatic rings. The van der Waals surface area contributed by atoms with Gasteiger partial charge in [-0.25, -0.2) is 0 Å². The number of halogens is 1. The van der Waals surface area contributed by atoms with Crippen molar-refractivity contribution in [2.75, 3.05) is 26.7 Å². The Morgan fingerprint density at radius 1 is 1.50 bits per heavy atom. The van der Waals surface area contributed by atoms with Gasteiger partial charge >= 0.3 is 0 Å². The van der Waals surface area contributed by atoms with Crippen molar-refractivity contribution in [3.05, 3.63) is 28.2 Å². The first-order valence-electron chi connectivity index (χ1n) is 7.16. The van der Waals surface area contributed by atoms with Gasteiger partial charge in [-0.15, -0.1) is 0 Å². The molecule has 1 aromatic rings. The maximum atomic E-state index is 12.4. The minimum Gasteiger partial charge on any atom is -0.496 e. The number of hydrogen-bond acceptors (Lipinski definition) is 4. The number of amides is 2. The fourth-order valence-electron chi connectivity index (χ4n) is 2.70. The summed E-state index contributed by atoms with van der Waals surface area (Å²) < 4.78 is 6.35. The van der Waals surface area contributed by atoms with Crippen molar-refractivity contribution in [2.24, 2.45) is 5.73 Å². The number of ether oxygens (including phenoxy) is 1. The molecule has 0 spiro atoms. The molecule has 1 unspecified atom stereocenters. The average Bonchev–Trinajstić information content (AvgIpc) is 3.01. The van der Waals surface area contributed by atoms with E-state index >= 15 is 0 Å². The van der Waals surface area contributed by atoms with Crippen LogP contribution in [-0.2, 0) is 9.59 Å². The number of carbonyl (C=O) groups is 2. The maximum Gasteiger partial charge on any atom is 0.242 e. The second-order valence-corrected chi connectivity index (χ2v) is 6.03. The van der Waals surface area contributed by atoms with Gasteiger partial charge < -0.3 is 20.7 Å². The van der Waals surface area contributed by atoms with Crippen molar-refractivity contribution in [1.29, 1.82) is 0 Å². The predicted molar refractivity (Wildman–Crippen MR) is 86.4 cm³/mol. The molecule has 1 saturated heterocycles. The van der Waals surface area contributed by atoms with E-state index in [-0.39, 0.29) is 30.9 Å². The van der Waals surface area contributed by atoms with Crippen molar-refractivity contribution in [2.45, 2.75) is 18.9 Å². The molecule has 1 fully saturated rings. The second-order valence-electron chi connectivity index (χ2n) is 5.11. The number of benzene rings is 1. The highest BCUT2D eigenvalue weighted by molar-refractivity contribution is 9.10. The quantitative estimate of drug-likeness (QED) is 0.816. The molecule has 1 aliphatic heterocycles. The molecule has 1 atom stereocenters. The highest BCUT2D eigenvalue weighted by Gasteiger charge is 2.31. The first-order valence-corrected chi connectivity index (χ1v) is 7.95. The first-order chi connectivity index (χ1) is 10.6. The summed E-state index contributed by atoms with van der Waals surface area (Å²) in [6.45, 7) is 0.538. The summed E-state index contributed by atoms with van der Waals surface area (Å²) in [5.74, 6) is 0.328. The number of methoxy groups -OCH3 is 1. The van der Waals surface area contributed by atoms with Crippen molar-refractivity contribution >= 4 is 27.7 Å². The molecule has 0 saturated carbocycles. The van der Waals surface area contributed by atoms with E-state index in [1.54, 1.807) is 12.0 Å². The summed E-state index contributed by atoms with van der Waals surface area (Å²) >= 11 is 3.46. The Morgan fingerprint density at radius 2 is 2.27 bits per heavy atom. The molecule has 6 nitrogen and oxygen atoms in total. The zero-order valence-electron chi connectivity index (χ0n) is 12.5. The fraction of sp³-hybridized carbons (Fsp3) is 0.467. The van der Waals surface area contributed by atoms with Gasteiger partial charge in [0.15, 0.2) is 0 Å². The Morgan fingerprint density at radius 3 is 2.95 bits per heavy atom. The van der Waals surface area contributed by atoms with Gasteiger partial charge in [0.25, 0.3) is 0 Å². The molecule has 0 aliphatic carbocycles. The van der Waals surface area contributed by atoms with Crippen LogP contribution in [0.5, 0.6) is 5.75 Å². The van der Waals surface area contributed by atoms with Crippen LogP contribution in [0.2, 0.25) is 0 Å². The van der Waals surface area contributed by atoms with E-state index in [1.165, 1.54) is 0 Å². The standard InChI is InChI=1S/C15H20BrN3O3/c1-22-13-5-4-10(16)7-11(13)12-3-2-6-19(12)15(21)9-18-14(20)8-17/h4-5,7,12H,2-3,6,8-9,17H2,1H3,(H,18,20). The molecular formula is C15H20BrN3O3. The van der Waals surface area contributed by atoms with E-state index in [1.807, 2.05) is 18.2 Å². The molecule has 0 bridgehead atoms. The highest BCUT2D eigenvalue weighted by atomic mass is 79.9. The van der Waals surface area contributed by atoms with Crippen LogP contribution < -0.4 is 15.8 Å². The Bertz CT molecular complexity index is 565. The van der Waals surface area contributed by atoms with Crippen LogP contribution in [0.4, 0.5) is 0 Å². The van der Waals surface area contributed by atoms with Crippen LogP contribution in [0.1, 0.15) is 24.4 Å². The Balaban J connectivity index is 2.15. The van der Waals surface area contributed by atoms with Gasteiger partial charge in [0, 0.05) is 16.6 Å². The molecule has 22 heavy (non-hydrogen) atoms. The molecule has 0 aromatic heterocycles. The van der Waals surface area contributed by atoms with Gasteiger partial charge in [-0.3, -0.25) is 9.59 Å². The number of rotatable bonds is 5. The summed E-state index contributed by atoms with van der Waals surface area (Å²) in [7, 11) is 1.62. The van der Waals surface area contributed by atoms with Crippen molar-refractivity contribution in [1.82, 2.24) is 10.2 Å². The largest absolute Gasteiger partial charge is 0.496 e. The van der Waals surface area contributed by atoms with Gasteiger partial charge in [-0.2, -0.15) is 0 Å². The summed E-state index contributed by atoms with van der Waals surface area (Å²) in [6, 6.07) is 5.74. The smallest absolute Gasteiger partial charge is 0.242 e. The Kier molecular flexibility index (Phi) is 5.79. The van der Waals surface area contributed by atoms with Gasteiger partial charge in [0.2, 0.25) is 11.8 Å². The van der Waals surface area contributed by atoms with Crippen molar-refractivity contribution in [3.63, 3.8) is 0 Å². The summed E-state index contributed by atoms with van der Waals surface area (Å²) in [6.07, 6.45) is 1.81. The average molecular weight is 370 g/mol. The maximum absolute atomic E-state index is 12.4. The number of nitrogens with zero attached hydrogens (tertiary/aromatic N) is 1. The number of nitrogens with two attached hydrogens (primary N) is 1. The summed E-state index contributed by atoms with van der Waals surface area (Å²) in [4.78, 5) is 25.3. The molecule has 1 heterocycles. The molecule has 2 rings (SSSR count). The molecular weight excluding hydrogens is 350 g/mol. The minimum absolute atomic E-state index is 0.0249. The van der Waals surface area contributed by atoms with Crippen LogP contribution in [0, 0.1) is 0 Å². The van der Waals surface area contributed by atoms with Gasteiger partial charge in [-0.1, -0.05) is 15.9 Å². The van der Waals surface area contributed by atoms with Gasteiger partial charge in [0.1, 0.15) is 5.75 Å². The molecule has 0 radical (unpaired) electrons. The van der Waals surface area contributed by atoms with Crippen LogP contribution >= 0.6 is 15.9 Å². The van der Waals surface area contributed by atoms with E-state index < -0.39 is 0 Å². The summed E-state index contributed by atoms with van der Waals surface area (Å²) in [5, 5.41) is 2.53. The monoisotopic (exact) mass is 369 g/mol. The molecule has 3 N–H and O–H groups in total. The number of likely N-dealkylation sites (tertiary alicyclic amines) is 1. The van der Waals surface area contributed by atoms with Gasteiger partial charge in [0.05, 0.1) is 26.2 Å². The SMILES string of the molecule is COc1ccc(Br)cc1C1CCCN1C(=O)CNC(=O)CN. The third-order valence-corrected chi connectivity index (χ3v) is 4.24. The van der Waals surface area contributed by atoms with Crippen molar-refractivity contribution < 1.29 is 14.3 Å². The zero-order valence-corrected chi connectivity index (χ0v) is 14.1. The number of carbonyl (C=O) groups excluding carboxylic acids is 2. The van der Waals surface area contributed by atoms with E-state index in [4.69, 9.17) is 10.5 Å². The molecule has 1 aromatic carbocycles. The lowest BCUT2D eigenvalue weighted by atomic mass is 10.0. The third-order valence-electron chi connectivity index (χ3n) is 3.75. The first kappa shape index (κ1) is 16.8. The predicted octanol–water partition coefficient (Wildman–Crippen LogP) is 1.20. The van der Waals surface area contributed by atoms with E-state index in [2.05, 4.69) is 21.2 Å². The van der Waals surface area contributed by atoms with Crippen LogP contribution in [0.25, 0.3) is 0 Å². The second kappa shape index (κ2) is 7.60. The minimum atomic E-state index is -0.330. The topological polar surface area (TPSA) is 84.7 Å². The fourth-order valence-corrected chi connectivity index (χ4v) is 3.08.